The van der Waals surface area contributed by atoms with E-state index in [-0.39, 0.29) is 48.7 Å². The van der Waals surface area contributed by atoms with Crippen molar-refractivity contribution in [2.24, 2.45) is 17.3 Å². The average molecular weight is 591 g/mol. The minimum atomic E-state index is -1.50. The fraction of sp³-hybridized carbons (Fsp3) is 0.688. The Morgan fingerprint density at radius 3 is 2.48 bits per heavy atom. The zero-order valence-corrected chi connectivity index (χ0v) is 25.7. The Hall–Kier alpha value is -2.66. The molecule has 0 aromatic heterocycles. The second-order valence-electron chi connectivity index (χ2n) is 13.2. The van der Waals surface area contributed by atoms with Crippen LogP contribution in [0.1, 0.15) is 85.3 Å². The Morgan fingerprint density at radius 2 is 1.83 bits per heavy atom. The molecule has 3 aliphatic rings. The number of cyclic esters (lactones) is 1. The SMILES string of the molecule is CO[C@@H](CC[C@@H](C)[C@H]1O[C@@]23C[C@H](OC(=O)C[C@H]([C@@H](C)O)OC(=O)/C=C(\O2)C(C)(O)CC3(C)C)[C@@H]1C)c1cccc(O)c1. The van der Waals surface area contributed by atoms with Gasteiger partial charge in [0, 0.05) is 18.4 Å². The van der Waals surface area contributed by atoms with Crippen LogP contribution in [-0.4, -0.2) is 70.2 Å². The molecule has 0 amide bonds. The lowest BCUT2D eigenvalue weighted by Gasteiger charge is -2.59. The van der Waals surface area contributed by atoms with Gasteiger partial charge in [0.1, 0.15) is 29.3 Å². The van der Waals surface area contributed by atoms with Crippen LogP contribution in [0.5, 0.6) is 5.75 Å². The summed E-state index contributed by atoms with van der Waals surface area (Å²) >= 11 is 0. The lowest BCUT2D eigenvalue weighted by atomic mass is 9.66. The van der Waals surface area contributed by atoms with Gasteiger partial charge in [0.05, 0.1) is 37.2 Å². The lowest BCUT2D eigenvalue weighted by Crippen LogP contribution is -2.65. The molecule has 2 fully saturated rings. The Labute approximate surface area is 247 Å². The monoisotopic (exact) mass is 590 g/mol. The van der Waals surface area contributed by atoms with Crippen LogP contribution >= 0.6 is 0 Å². The number of phenolic OH excluding ortho intramolecular Hbond substituents is 1. The molecule has 42 heavy (non-hydrogen) atoms. The van der Waals surface area contributed by atoms with Crippen molar-refractivity contribution in [1.29, 1.82) is 0 Å². The van der Waals surface area contributed by atoms with E-state index < -0.39 is 53.2 Å². The molecule has 3 heterocycles. The van der Waals surface area contributed by atoms with Crippen LogP contribution in [0.15, 0.2) is 36.1 Å². The maximum atomic E-state index is 13.1. The number of hydrogen-bond donors (Lipinski definition) is 3. The van der Waals surface area contributed by atoms with Crippen molar-refractivity contribution in [2.75, 3.05) is 7.11 Å². The van der Waals surface area contributed by atoms with Gasteiger partial charge in [0.25, 0.3) is 0 Å². The van der Waals surface area contributed by atoms with Crippen LogP contribution < -0.4 is 0 Å². The summed E-state index contributed by atoms with van der Waals surface area (Å²) in [4.78, 5) is 26.0. The van der Waals surface area contributed by atoms with E-state index in [0.29, 0.717) is 12.8 Å². The molecule has 3 aliphatic heterocycles. The van der Waals surface area contributed by atoms with Crippen LogP contribution in [0.3, 0.4) is 0 Å². The third kappa shape index (κ3) is 6.61. The van der Waals surface area contributed by atoms with E-state index in [1.165, 1.54) is 6.92 Å². The Balaban J connectivity index is 1.68. The van der Waals surface area contributed by atoms with Crippen molar-refractivity contribution in [1.82, 2.24) is 0 Å². The molecule has 0 saturated carbocycles. The van der Waals surface area contributed by atoms with Gasteiger partial charge in [-0.25, -0.2) is 4.79 Å². The number of carbonyl (C=O) groups is 2. The summed E-state index contributed by atoms with van der Waals surface area (Å²) in [5, 5.41) is 31.5. The van der Waals surface area contributed by atoms with E-state index in [9.17, 15) is 24.9 Å². The van der Waals surface area contributed by atoms with Gasteiger partial charge in [0.15, 0.2) is 0 Å². The third-order valence-corrected chi connectivity index (χ3v) is 9.20. The molecule has 1 aromatic carbocycles. The lowest BCUT2D eigenvalue weighted by molar-refractivity contribution is -0.371. The smallest absolute Gasteiger partial charge is 0.334 e. The molecule has 10 heteroatoms. The average Bonchev–Trinajstić information content (AvgIpc) is 2.88. The number of benzene rings is 1. The van der Waals surface area contributed by atoms with E-state index in [4.69, 9.17) is 23.7 Å². The first-order valence-corrected chi connectivity index (χ1v) is 14.8. The second-order valence-corrected chi connectivity index (χ2v) is 13.2. The molecule has 3 N–H and O–H groups in total. The zero-order chi connectivity index (χ0) is 31.0. The van der Waals surface area contributed by atoms with Gasteiger partial charge >= 0.3 is 11.9 Å². The van der Waals surface area contributed by atoms with E-state index in [2.05, 4.69) is 6.92 Å². The highest BCUT2D eigenvalue weighted by atomic mass is 16.7. The summed E-state index contributed by atoms with van der Waals surface area (Å²) in [6.07, 6.45) is -0.974. The van der Waals surface area contributed by atoms with Gasteiger partial charge in [-0.15, -0.1) is 0 Å². The summed E-state index contributed by atoms with van der Waals surface area (Å²) in [5.41, 5.74) is -1.37. The Kier molecular flexibility index (Phi) is 9.33. The minimum absolute atomic E-state index is 0.00565. The largest absolute Gasteiger partial charge is 0.508 e. The van der Waals surface area contributed by atoms with Gasteiger partial charge in [0.2, 0.25) is 5.79 Å². The normalized spacial score (nSPS) is 36.5. The first-order valence-electron chi connectivity index (χ1n) is 14.8. The number of aliphatic hydroxyl groups is 2. The summed E-state index contributed by atoms with van der Waals surface area (Å²) in [6.45, 7) is 10.9. The van der Waals surface area contributed by atoms with Crippen molar-refractivity contribution in [3.8, 4) is 5.75 Å². The number of ether oxygens (including phenoxy) is 5. The first kappa shape index (κ1) is 32.3. The number of carbonyl (C=O) groups excluding carboxylic acids is 2. The molecule has 234 valence electrons. The number of methoxy groups -OCH3 is 1. The first-order chi connectivity index (χ1) is 19.6. The number of phenols is 1. The standard InChI is InChI=1S/C32H46O10/c1-18(11-12-23(38-7)21-9-8-10-22(34)13-21)29-19(2)25-16-32(42-29)30(4,5)17-31(6,37)26(41-32)15-28(36)39-24(20(3)33)14-27(35)40-25/h8-10,13,15,18-20,23-25,29,33-34,37H,11-12,14,16-17H2,1-7H3/b26-15-/t18-,19+,20-,23+,24-,25+,29-,31?,32-/m1/s1. The molecule has 0 aliphatic carbocycles. The predicted molar refractivity (Wildman–Crippen MR) is 152 cm³/mol. The van der Waals surface area contributed by atoms with E-state index in [1.807, 2.05) is 26.8 Å². The highest BCUT2D eigenvalue weighted by Gasteiger charge is 2.63. The number of hydrogen-bond acceptors (Lipinski definition) is 10. The van der Waals surface area contributed by atoms with Crippen LogP contribution in [0.2, 0.25) is 0 Å². The van der Waals surface area contributed by atoms with Crippen LogP contribution in [-0.2, 0) is 33.3 Å². The van der Waals surface area contributed by atoms with Crippen molar-refractivity contribution < 1.29 is 48.6 Å². The van der Waals surface area contributed by atoms with Gasteiger partial charge in [-0.2, -0.15) is 0 Å². The van der Waals surface area contributed by atoms with Gasteiger partial charge in [-0.1, -0.05) is 39.8 Å². The molecule has 0 radical (unpaired) electrons. The molecule has 2 saturated heterocycles. The summed E-state index contributed by atoms with van der Waals surface area (Å²) in [6, 6.07) is 7.00. The fourth-order valence-corrected chi connectivity index (χ4v) is 6.72. The van der Waals surface area contributed by atoms with Crippen molar-refractivity contribution in [2.45, 2.75) is 116 Å². The van der Waals surface area contributed by atoms with Gasteiger partial charge in [-0.3, -0.25) is 4.79 Å². The predicted octanol–water partition coefficient (Wildman–Crippen LogP) is 4.31. The molecule has 9 atom stereocenters. The van der Waals surface area contributed by atoms with E-state index in [1.54, 1.807) is 32.2 Å². The third-order valence-electron chi connectivity index (χ3n) is 9.20. The van der Waals surface area contributed by atoms with Gasteiger partial charge in [-0.05, 0) is 56.7 Å². The zero-order valence-electron chi connectivity index (χ0n) is 25.7. The quantitative estimate of drug-likeness (QED) is 0.394. The maximum absolute atomic E-state index is 13.1. The van der Waals surface area contributed by atoms with Crippen molar-refractivity contribution >= 4 is 11.9 Å². The molecular weight excluding hydrogens is 544 g/mol. The molecule has 3 bridgehead atoms. The van der Waals surface area contributed by atoms with Crippen LogP contribution in [0, 0.1) is 17.3 Å². The number of rotatable bonds is 7. The number of esters is 2. The topological polar surface area (TPSA) is 141 Å². The molecular formula is C32H46O10. The summed E-state index contributed by atoms with van der Waals surface area (Å²) in [5.74, 6) is -2.83. The maximum Gasteiger partial charge on any atom is 0.334 e. The second kappa shape index (κ2) is 12.1. The fourth-order valence-electron chi connectivity index (χ4n) is 6.72. The molecule has 1 unspecified atom stereocenters. The Morgan fingerprint density at radius 1 is 1.12 bits per heavy atom. The summed E-state index contributed by atoms with van der Waals surface area (Å²) < 4.78 is 30.5. The number of aliphatic hydroxyl groups excluding tert-OH is 1. The van der Waals surface area contributed by atoms with E-state index >= 15 is 0 Å². The highest BCUT2D eigenvalue weighted by Crippen LogP contribution is 2.56. The minimum Gasteiger partial charge on any atom is -0.508 e. The molecule has 1 aromatic rings. The highest BCUT2D eigenvalue weighted by molar-refractivity contribution is 5.83. The molecule has 10 nitrogen and oxygen atoms in total. The molecule has 4 rings (SSSR count). The van der Waals surface area contributed by atoms with Crippen molar-refractivity contribution in [3.63, 3.8) is 0 Å². The van der Waals surface area contributed by atoms with Crippen LogP contribution in [0.25, 0.3) is 0 Å². The van der Waals surface area contributed by atoms with Crippen molar-refractivity contribution in [3.05, 3.63) is 41.7 Å². The number of fused-ring (bicyclic) bond motifs is 2. The van der Waals surface area contributed by atoms with Crippen LogP contribution in [0.4, 0.5) is 0 Å². The Bertz CT molecular complexity index is 1170. The molecule has 1 spiro atoms. The summed E-state index contributed by atoms with van der Waals surface area (Å²) in [7, 11) is 1.64. The van der Waals surface area contributed by atoms with Gasteiger partial charge < -0.3 is 39.0 Å². The van der Waals surface area contributed by atoms with E-state index in [0.717, 1.165) is 11.6 Å². The number of aromatic hydroxyl groups is 1.